The molecule has 1 amide bonds. The molecule has 0 radical (unpaired) electrons. The van der Waals surface area contributed by atoms with Gasteiger partial charge in [-0.25, -0.2) is 15.0 Å². The molecule has 2 saturated heterocycles. The average molecular weight is 468 g/mol. The first-order chi connectivity index (χ1) is 15.8. The highest BCUT2D eigenvalue weighted by Crippen LogP contribution is 2.37. The monoisotopic (exact) mass is 468 g/mol. The normalized spacial score (nSPS) is 26.2. The van der Waals surface area contributed by atoms with Gasteiger partial charge in [0, 0.05) is 13.1 Å². The average Bonchev–Trinajstić information content (AvgIpc) is 3.35. The molecule has 2 aromatic rings. The van der Waals surface area contributed by atoms with Crippen LogP contribution in [0.2, 0.25) is 0 Å². The van der Waals surface area contributed by atoms with Gasteiger partial charge in [0.2, 0.25) is 0 Å². The van der Waals surface area contributed by atoms with Crippen LogP contribution in [0.25, 0.3) is 11.2 Å². The third kappa shape index (κ3) is 4.27. The second-order valence-electron chi connectivity index (χ2n) is 7.49. The SMILES string of the molecule is Nc1ncnc2c1ncn2[C@@H]1O[C@H](C(O)C(=O)N2CCCCC2)[C@@H](O[N+](=O)[O-])[C@H]1O[N+](=O)[O-]. The number of carbonyl (C=O) groups is 1. The molecule has 17 nitrogen and oxygen atoms in total. The first kappa shape index (κ1) is 22.3. The summed E-state index contributed by atoms with van der Waals surface area (Å²) in [4.78, 5) is 57.7. The summed E-state index contributed by atoms with van der Waals surface area (Å²) in [7, 11) is 0. The Balaban J connectivity index is 1.71. The number of amides is 1. The van der Waals surface area contributed by atoms with Gasteiger partial charge in [-0.3, -0.25) is 9.36 Å². The van der Waals surface area contributed by atoms with E-state index in [4.69, 9.17) is 10.5 Å². The van der Waals surface area contributed by atoms with E-state index in [1.54, 1.807) is 0 Å². The van der Waals surface area contributed by atoms with E-state index >= 15 is 0 Å². The van der Waals surface area contributed by atoms with Gasteiger partial charge in [-0.15, -0.1) is 20.2 Å². The van der Waals surface area contributed by atoms with Crippen LogP contribution in [0.1, 0.15) is 25.5 Å². The van der Waals surface area contributed by atoms with Crippen LogP contribution in [0.5, 0.6) is 0 Å². The van der Waals surface area contributed by atoms with Crippen molar-refractivity contribution in [2.45, 2.75) is 49.9 Å². The Morgan fingerprint density at radius 2 is 1.82 bits per heavy atom. The van der Waals surface area contributed by atoms with Crippen molar-refractivity contribution < 1.29 is 34.5 Å². The van der Waals surface area contributed by atoms with Crippen LogP contribution in [0, 0.1) is 20.2 Å². The Morgan fingerprint density at radius 1 is 1.15 bits per heavy atom. The number of nitrogens with zero attached hydrogens (tertiary/aromatic N) is 7. The number of imidazole rings is 1. The zero-order valence-corrected chi connectivity index (χ0v) is 17.0. The van der Waals surface area contributed by atoms with Gasteiger partial charge in [0.25, 0.3) is 16.1 Å². The summed E-state index contributed by atoms with van der Waals surface area (Å²) in [6, 6.07) is 0. The Labute approximate surface area is 184 Å². The molecule has 4 heterocycles. The largest absolute Gasteiger partial charge is 0.382 e. The van der Waals surface area contributed by atoms with Crippen molar-refractivity contribution in [3.8, 4) is 0 Å². The highest BCUT2D eigenvalue weighted by atomic mass is 17.0. The van der Waals surface area contributed by atoms with Crippen LogP contribution in [-0.4, -0.2) is 83.1 Å². The molecule has 33 heavy (non-hydrogen) atoms. The lowest BCUT2D eigenvalue weighted by Gasteiger charge is -2.31. The molecular formula is C16H20N8O9. The minimum absolute atomic E-state index is 0.0124. The molecule has 0 aliphatic carbocycles. The predicted molar refractivity (Wildman–Crippen MR) is 104 cm³/mol. The Bertz CT molecular complexity index is 1060. The van der Waals surface area contributed by atoms with Crippen LogP contribution in [0.4, 0.5) is 5.82 Å². The molecule has 17 heteroatoms. The third-order valence-corrected chi connectivity index (χ3v) is 5.53. The van der Waals surface area contributed by atoms with Crippen LogP contribution < -0.4 is 5.73 Å². The summed E-state index contributed by atoms with van der Waals surface area (Å²) >= 11 is 0. The van der Waals surface area contributed by atoms with Crippen LogP contribution in [-0.2, 0) is 19.2 Å². The van der Waals surface area contributed by atoms with Crippen molar-refractivity contribution in [2.75, 3.05) is 18.8 Å². The molecule has 3 N–H and O–H groups in total. The number of nitrogens with two attached hydrogens (primary N) is 1. The van der Waals surface area contributed by atoms with Gasteiger partial charge in [0.15, 0.2) is 36.0 Å². The molecule has 0 saturated carbocycles. The number of likely N-dealkylation sites (tertiary alicyclic amines) is 1. The second-order valence-corrected chi connectivity index (χ2v) is 7.49. The molecule has 5 atom stereocenters. The van der Waals surface area contributed by atoms with Crippen LogP contribution in [0.3, 0.4) is 0 Å². The summed E-state index contributed by atoms with van der Waals surface area (Å²) in [6.45, 7) is 0.786. The number of rotatable bonds is 7. The maximum Gasteiger partial charge on any atom is 0.295 e. The lowest BCUT2D eigenvalue weighted by molar-refractivity contribution is -0.798. The van der Waals surface area contributed by atoms with Gasteiger partial charge in [0.1, 0.15) is 17.9 Å². The van der Waals surface area contributed by atoms with Crippen LogP contribution >= 0.6 is 0 Å². The van der Waals surface area contributed by atoms with Gasteiger partial charge in [0.05, 0.1) is 6.33 Å². The zero-order valence-electron chi connectivity index (χ0n) is 17.0. The van der Waals surface area contributed by atoms with E-state index in [1.807, 2.05) is 0 Å². The number of hydrogen-bond acceptors (Lipinski definition) is 13. The maximum atomic E-state index is 12.8. The molecule has 2 aromatic heterocycles. The summed E-state index contributed by atoms with van der Waals surface area (Å²) in [5.41, 5.74) is 5.99. The van der Waals surface area contributed by atoms with Gasteiger partial charge < -0.3 is 30.2 Å². The smallest absolute Gasteiger partial charge is 0.295 e. The van der Waals surface area contributed by atoms with Gasteiger partial charge in [-0.2, -0.15) is 0 Å². The van der Waals surface area contributed by atoms with Crippen LogP contribution in [0.15, 0.2) is 12.7 Å². The van der Waals surface area contributed by atoms with Gasteiger partial charge >= 0.3 is 0 Å². The van der Waals surface area contributed by atoms with E-state index in [1.165, 1.54) is 15.8 Å². The first-order valence-electron chi connectivity index (χ1n) is 9.95. The number of fused-ring (bicyclic) bond motifs is 1. The molecule has 4 rings (SSSR count). The van der Waals surface area contributed by atoms with Crippen molar-refractivity contribution in [1.29, 1.82) is 0 Å². The molecule has 2 aliphatic rings. The van der Waals surface area contributed by atoms with E-state index in [-0.39, 0.29) is 17.0 Å². The highest BCUT2D eigenvalue weighted by Gasteiger charge is 2.55. The highest BCUT2D eigenvalue weighted by molar-refractivity contribution is 5.82. The van der Waals surface area contributed by atoms with Crippen molar-refractivity contribution in [3.05, 3.63) is 32.9 Å². The fraction of sp³-hybridized carbons (Fsp3) is 0.625. The second kappa shape index (κ2) is 8.94. The zero-order chi connectivity index (χ0) is 23.7. The number of anilines is 1. The van der Waals surface area contributed by atoms with Crippen molar-refractivity contribution in [1.82, 2.24) is 24.4 Å². The summed E-state index contributed by atoms with van der Waals surface area (Å²) < 4.78 is 6.90. The fourth-order valence-corrected chi connectivity index (χ4v) is 4.07. The van der Waals surface area contributed by atoms with E-state index < -0.39 is 46.7 Å². The summed E-state index contributed by atoms with van der Waals surface area (Å²) in [5, 5.41) is 30.7. The Morgan fingerprint density at radius 3 is 2.48 bits per heavy atom. The lowest BCUT2D eigenvalue weighted by atomic mass is 10.0. The number of aromatic nitrogens is 4. The molecular weight excluding hydrogens is 448 g/mol. The van der Waals surface area contributed by atoms with Crippen molar-refractivity contribution in [2.24, 2.45) is 0 Å². The standard InChI is InChI=1S/C16H20N8O9/c17-13-8-14(19-6-18-13)22(7-20-8)16-12(33-24(29)30)11(32-23(27)28)10(31-16)9(25)15(26)21-4-2-1-3-5-21/h6-7,9-12,16,25H,1-5H2,(H2,17,18,19)/t9?,10-,11-,12-,16-/m1/s1. The molecule has 2 aliphatic heterocycles. The first-order valence-corrected chi connectivity index (χ1v) is 9.95. The third-order valence-electron chi connectivity index (χ3n) is 5.53. The topological polar surface area (TPSA) is 224 Å². The van der Waals surface area contributed by atoms with Crippen molar-refractivity contribution in [3.63, 3.8) is 0 Å². The minimum atomic E-state index is -1.91. The number of nitrogen functional groups attached to an aromatic ring is 1. The van der Waals surface area contributed by atoms with E-state index in [9.17, 15) is 30.1 Å². The maximum absolute atomic E-state index is 12.8. The molecule has 1 unspecified atom stereocenters. The fourth-order valence-electron chi connectivity index (χ4n) is 4.07. The molecule has 2 fully saturated rings. The van der Waals surface area contributed by atoms with E-state index in [2.05, 4.69) is 24.6 Å². The summed E-state index contributed by atoms with van der Waals surface area (Å²) in [5.74, 6) is -0.724. The number of aliphatic hydroxyl groups excluding tert-OH is 1. The predicted octanol–water partition coefficient (Wildman–Crippen LogP) is -1.17. The number of carbonyl (C=O) groups excluding carboxylic acids is 1. The lowest BCUT2D eigenvalue weighted by Crippen LogP contribution is -2.51. The number of hydrogen-bond donors (Lipinski definition) is 2. The molecule has 0 spiro atoms. The van der Waals surface area contributed by atoms with Gasteiger partial charge in [-0.05, 0) is 19.3 Å². The Kier molecular flexibility index (Phi) is 6.05. The quantitative estimate of drug-likeness (QED) is 0.361. The Hall–Kier alpha value is -3.86. The number of ether oxygens (including phenoxy) is 1. The van der Waals surface area contributed by atoms with E-state index in [0.717, 1.165) is 25.6 Å². The van der Waals surface area contributed by atoms with Crippen molar-refractivity contribution >= 4 is 22.9 Å². The molecule has 0 bridgehead atoms. The minimum Gasteiger partial charge on any atom is -0.382 e. The molecule has 178 valence electrons. The summed E-state index contributed by atoms with van der Waals surface area (Å²) in [6.07, 6.45) is -3.97. The number of aliphatic hydroxyl groups is 1. The van der Waals surface area contributed by atoms with E-state index in [0.29, 0.717) is 13.1 Å². The van der Waals surface area contributed by atoms with Gasteiger partial charge in [-0.1, -0.05) is 0 Å². The molecule has 0 aromatic carbocycles. The number of piperidine rings is 1.